The van der Waals surface area contributed by atoms with Gasteiger partial charge in [-0.3, -0.25) is 9.52 Å². The van der Waals surface area contributed by atoms with Crippen LogP contribution in [0.15, 0.2) is 76.2 Å². The monoisotopic (exact) mass is 384 g/mol. The second kappa shape index (κ2) is 8.09. The molecule has 0 atom stereocenters. The number of carbonyl (C=O) groups is 1. The Balaban J connectivity index is 1.73. The van der Waals surface area contributed by atoms with Gasteiger partial charge in [0, 0.05) is 5.69 Å². The largest absolute Gasteiger partial charge is 0.459 e. The van der Waals surface area contributed by atoms with Gasteiger partial charge in [0.15, 0.2) is 5.76 Å². The minimum absolute atomic E-state index is 0.174. The molecule has 3 rings (SSSR count). The lowest BCUT2D eigenvalue weighted by atomic mass is 10.1. The average molecular weight is 384 g/mol. The first kappa shape index (κ1) is 18.7. The Hall–Kier alpha value is -3.06. The Bertz CT molecular complexity index is 1010. The molecule has 3 aromatic rings. The highest BCUT2D eigenvalue weighted by atomic mass is 32.2. The molecule has 0 radical (unpaired) electrons. The van der Waals surface area contributed by atoms with Crippen molar-refractivity contribution >= 4 is 27.3 Å². The van der Waals surface area contributed by atoms with Gasteiger partial charge >= 0.3 is 0 Å². The highest BCUT2D eigenvalue weighted by molar-refractivity contribution is 7.92. The maximum atomic E-state index is 12.6. The Morgan fingerprint density at radius 1 is 1.00 bits per heavy atom. The Labute approximate surface area is 158 Å². The van der Waals surface area contributed by atoms with Gasteiger partial charge in [-0.2, -0.15) is 0 Å². The molecule has 1 amide bonds. The van der Waals surface area contributed by atoms with Gasteiger partial charge in [-0.15, -0.1) is 0 Å². The Morgan fingerprint density at radius 3 is 2.41 bits per heavy atom. The Kier molecular flexibility index (Phi) is 5.61. The lowest BCUT2D eigenvalue weighted by molar-refractivity contribution is 0.0996. The first-order valence-corrected chi connectivity index (χ1v) is 10.0. The van der Waals surface area contributed by atoms with Crippen LogP contribution in [-0.2, 0) is 16.4 Å². The third-order valence-electron chi connectivity index (χ3n) is 3.89. The van der Waals surface area contributed by atoms with Crippen LogP contribution in [0.2, 0.25) is 0 Å². The van der Waals surface area contributed by atoms with Crippen LogP contribution in [0.25, 0.3) is 0 Å². The quantitative estimate of drug-likeness (QED) is 0.636. The van der Waals surface area contributed by atoms with E-state index in [0.29, 0.717) is 11.4 Å². The molecule has 27 heavy (non-hydrogen) atoms. The number of aryl methyl sites for hydroxylation is 1. The number of furan rings is 1. The molecule has 7 heteroatoms. The van der Waals surface area contributed by atoms with E-state index in [4.69, 9.17) is 4.42 Å². The first-order valence-electron chi connectivity index (χ1n) is 8.54. The van der Waals surface area contributed by atoms with Crippen LogP contribution in [0.3, 0.4) is 0 Å². The molecule has 0 aliphatic carbocycles. The second-order valence-electron chi connectivity index (χ2n) is 6.01. The van der Waals surface area contributed by atoms with E-state index in [2.05, 4.69) is 17.0 Å². The lowest BCUT2D eigenvalue weighted by Gasteiger charge is -2.10. The predicted octanol–water partition coefficient (Wildman–Crippen LogP) is 4.29. The molecule has 0 spiro atoms. The minimum atomic E-state index is -3.71. The summed E-state index contributed by atoms with van der Waals surface area (Å²) in [4.78, 5) is 12.2. The van der Waals surface area contributed by atoms with Crippen LogP contribution in [0.4, 0.5) is 11.4 Å². The number of amides is 1. The van der Waals surface area contributed by atoms with Gasteiger partial charge in [-0.1, -0.05) is 31.5 Å². The van der Waals surface area contributed by atoms with E-state index in [1.165, 1.54) is 6.26 Å². The molecule has 140 valence electrons. The maximum Gasteiger partial charge on any atom is 0.291 e. The van der Waals surface area contributed by atoms with Gasteiger partial charge in [0.2, 0.25) is 0 Å². The number of nitrogens with one attached hydrogen (secondary N) is 2. The first-order chi connectivity index (χ1) is 13.0. The average Bonchev–Trinajstić information content (AvgIpc) is 3.17. The summed E-state index contributed by atoms with van der Waals surface area (Å²) in [6.45, 7) is 2.07. The fraction of sp³-hybridized carbons (Fsp3) is 0.150. The summed E-state index contributed by atoms with van der Waals surface area (Å²) in [7, 11) is -3.71. The SMILES string of the molecule is CCCc1ccc(S(=O)(=O)Nc2cccc(NC(=O)c3ccco3)c2)cc1. The van der Waals surface area contributed by atoms with Crippen LogP contribution in [-0.4, -0.2) is 14.3 Å². The van der Waals surface area contributed by atoms with Crippen LogP contribution in [0.5, 0.6) is 0 Å². The number of hydrogen-bond donors (Lipinski definition) is 2. The summed E-state index contributed by atoms with van der Waals surface area (Å²) in [6, 6.07) is 16.5. The summed E-state index contributed by atoms with van der Waals surface area (Å²) >= 11 is 0. The van der Waals surface area contributed by atoms with Crippen molar-refractivity contribution in [2.24, 2.45) is 0 Å². The van der Waals surface area contributed by atoms with Crippen LogP contribution in [0.1, 0.15) is 29.5 Å². The third-order valence-corrected chi connectivity index (χ3v) is 5.29. The van der Waals surface area contributed by atoms with Crippen molar-refractivity contribution < 1.29 is 17.6 Å². The standard InChI is InChI=1S/C20H20N2O4S/c1-2-5-15-9-11-18(12-10-15)27(24,25)22-17-7-3-6-16(14-17)21-20(23)19-8-4-13-26-19/h3-4,6-14,22H,2,5H2,1H3,(H,21,23). The number of sulfonamides is 1. The topological polar surface area (TPSA) is 88.4 Å². The van der Waals surface area contributed by atoms with E-state index in [0.717, 1.165) is 18.4 Å². The van der Waals surface area contributed by atoms with Crippen molar-refractivity contribution in [3.63, 3.8) is 0 Å². The van der Waals surface area contributed by atoms with E-state index in [9.17, 15) is 13.2 Å². The molecule has 0 aliphatic rings. The predicted molar refractivity (Wildman–Crippen MR) is 104 cm³/mol. The third kappa shape index (κ3) is 4.77. The number of carbonyl (C=O) groups excluding carboxylic acids is 1. The van der Waals surface area contributed by atoms with Crippen LogP contribution >= 0.6 is 0 Å². The fourth-order valence-electron chi connectivity index (χ4n) is 2.60. The number of rotatable bonds is 7. The molecule has 0 fully saturated rings. The zero-order valence-corrected chi connectivity index (χ0v) is 15.6. The van der Waals surface area contributed by atoms with Crippen molar-refractivity contribution in [2.45, 2.75) is 24.7 Å². The number of anilines is 2. The molecule has 0 aliphatic heterocycles. The normalized spacial score (nSPS) is 11.1. The fourth-order valence-corrected chi connectivity index (χ4v) is 3.65. The smallest absolute Gasteiger partial charge is 0.291 e. The van der Waals surface area contributed by atoms with Gasteiger partial charge in [-0.25, -0.2) is 8.42 Å². The minimum Gasteiger partial charge on any atom is -0.459 e. The molecule has 2 N–H and O–H groups in total. The van der Waals surface area contributed by atoms with Crippen molar-refractivity contribution in [2.75, 3.05) is 10.0 Å². The van der Waals surface area contributed by atoms with Gasteiger partial charge in [0.25, 0.3) is 15.9 Å². The number of benzene rings is 2. The van der Waals surface area contributed by atoms with Gasteiger partial charge in [-0.05, 0) is 54.4 Å². The zero-order chi connectivity index (χ0) is 19.3. The summed E-state index contributed by atoms with van der Waals surface area (Å²) in [6.07, 6.45) is 3.32. The zero-order valence-electron chi connectivity index (χ0n) is 14.8. The molecular weight excluding hydrogens is 364 g/mol. The van der Waals surface area contributed by atoms with Crippen molar-refractivity contribution in [1.82, 2.24) is 0 Å². The van der Waals surface area contributed by atoms with E-state index >= 15 is 0 Å². The van der Waals surface area contributed by atoms with Gasteiger partial charge in [0.05, 0.1) is 16.8 Å². The summed E-state index contributed by atoms with van der Waals surface area (Å²) in [5.74, 6) is -0.236. The van der Waals surface area contributed by atoms with Crippen LogP contribution < -0.4 is 10.0 Å². The molecule has 0 saturated carbocycles. The lowest BCUT2D eigenvalue weighted by Crippen LogP contribution is -2.14. The molecule has 0 saturated heterocycles. The highest BCUT2D eigenvalue weighted by Crippen LogP contribution is 2.20. The molecule has 0 unspecified atom stereocenters. The van der Waals surface area contributed by atoms with Crippen molar-refractivity contribution in [3.8, 4) is 0 Å². The van der Waals surface area contributed by atoms with E-state index < -0.39 is 15.9 Å². The summed E-state index contributed by atoms with van der Waals surface area (Å²) in [5, 5.41) is 2.66. The van der Waals surface area contributed by atoms with Crippen LogP contribution in [0, 0.1) is 0 Å². The highest BCUT2D eigenvalue weighted by Gasteiger charge is 2.15. The molecule has 1 heterocycles. The molecular formula is C20H20N2O4S. The molecule has 6 nitrogen and oxygen atoms in total. The van der Waals surface area contributed by atoms with E-state index in [-0.39, 0.29) is 10.7 Å². The van der Waals surface area contributed by atoms with Gasteiger partial charge < -0.3 is 9.73 Å². The van der Waals surface area contributed by atoms with Gasteiger partial charge in [0.1, 0.15) is 0 Å². The van der Waals surface area contributed by atoms with E-state index in [1.807, 2.05) is 12.1 Å². The van der Waals surface area contributed by atoms with Crippen molar-refractivity contribution in [3.05, 3.63) is 78.3 Å². The second-order valence-corrected chi connectivity index (χ2v) is 7.69. The molecule has 0 bridgehead atoms. The molecule has 2 aromatic carbocycles. The van der Waals surface area contributed by atoms with E-state index in [1.54, 1.807) is 48.5 Å². The summed E-state index contributed by atoms with van der Waals surface area (Å²) in [5.41, 5.74) is 1.90. The van der Waals surface area contributed by atoms with Crippen molar-refractivity contribution in [1.29, 1.82) is 0 Å². The molecule has 1 aromatic heterocycles. The number of hydrogen-bond acceptors (Lipinski definition) is 4. The summed E-state index contributed by atoms with van der Waals surface area (Å²) < 4.78 is 32.7. The Morgan fingerprint density at radius 2 is 1.74 bits per heavy atom. The maximum absolute atomic E-state index is 12.6.